The first kappa shape index (κ1) is 24.1. The van der Waals surface area contributed by atoms with Crippen molar-refractivity contribution < 1.29 is 22.7 Å². The molecular weight excluding hydrogens is 428 g/mol. The molecule has 1 aliphatic rings. The van der Waals surface area contributed by atoms with E-state index in [2.05, 4.69) is 5.32 Å². The third-order valence-electron chi connectivity index (χ3n) is 5.78. The number of nitrogens with zero attached hydrogens (tertiary/aromatic N) is 1. The number of carbonyl (C=O) groups excluding carboxylic acids is 1. The summed E-state index contributed by atoms with van der Waals surface area (Å²) >= 11 is 0. The molecule has 1 amide bonds. The molecule has 174 valence electrons. The lowest BCUT2D eigenvalue weighted by Crippen LogP contribution is -2.43. The summed E-state index contributed by atoms with van der Waals surface area (Å²) in [6.07, 6.45) is 1.77. The Morgan fingerprint density at radius 3 is 2.41 bits per heavy atom. The normalized spacial score (nSPS) is 15.3. The van der Waals surface area contributed by atoms with Crippen LogP contribution in [0, 0.1) is 12.8 Å². The summed E-state index contributed by atoms with van der Waals surface area (Å²) in [6, 6.07) is 12.7. The molecule has 0 atom stereocenters. The fourth-order valence-corrected chi connectivity index (χ4v) is 5.43. The highest BCUT2D eigenvalue weighted by molar-refractivity contribution is 7.89. The maximum absolute atomic E-state index is 13.0. The Labute approximate surface area is 190 Å². The molecule has 8 heteroatoms. The Bertz CT molecular complexity index is 1010. The van der Waals surface area contributed by atoms with Crippen molar-refractivity contribution in [1.29, 1.82) is 0 Å². The van der Waals surface area contributed by atoms with Crippen molar-refractivity contribution in [2.75, 3.05) is 33.4 Å². The van der Waals surface area contributed by atoms with Crippen LogP contribution in [-0.2, 0) is 21.2 Å². The molecule has 2 aromatic rings. The lowest BCUT2D eigenvalue weighted by Gasteiger charge is -2.30. The Kier molecular flexibility index (Phi) is 8.15. The minimum absolute atomic E-state index is 0.00697. The zero-order chi connectivity index (χ0) is 23.1. The average molecular weight is 461 g/mol. The third-order valence-corrected chi connectivity index (χ3v) is 7.68. The lowest BCUT2D eigenvalue weighted by atomic mass is 9.97. The number of methoxy groups -OCH3 is 1. The molecule has 0 radical (unpaired) electrons. The average Bonchev–Trinajstić information content (AvgIpc) is 2.81. The van der Waals surface area contributed by atoms with E-state index in [1.807, 2.05) is 38.1 Å². The van der Waals surface area contributed by atoms with E-state index in [1.165, 1.54) is 4.31 Å². The number of benzene rings is 2. The standard InChI is InChI=1S/C24H32N2O5S/c1-4-31-23-10-9-22(17-18(23)2)32(28,29)26-15-12-20(13-16-26)24(27)25-14-11-19-5-7-21(30-3)8-6-19/h5-10,17,20H,4,11-16H2,1-3H3,(H,25,27). The second kappa shape index (κ2) is 10.8. The highest BCUT2D eigenvalue weighted by Crippen LogP contribution is 2.27. The fourth-order valence-electron chi connectivity index (χ4n) is 3.87. The first-order valence-electron chi connectivity index (χ1n) is 11.0. The van der Waals surface area contributed by atoms with E-state index in [1.54, 1.807) is 25.3 Å². The van der Waals surface area contributed by atoms with Crippen LogP contribution in [0.1, 0.15) is 30.9 Å². The maximum atomic E-state index is 13.0. The van der Waals surface area contributed by atoms with E-state index in [9.17, 15) is 13.2 Å². The molecule has 32 heavy (non-hydrogen) atoms. The summed E-state index contributed by atoms with van der Waals surface area (Å²) in [4.78, 5) is 12.8. The number of sulfonamides is 1. The van der Waals surface area contributed by atoms with Crippen LogP contribution in [0.4, 0.5) is 0 Å². The molecule has 0 spiro atoms. The van der Waals surface area contributed by atoms with Gasteiger partial charge in [0, 0.05) is 25.6 Å². The number of rotatable bonds is 9. The van der Waals surface area contributed by atoms with Gasteiger partial charge in [0.15, 0.2) is 0 Å². The summed E-state index contributed by atoms with van der Waals surface area (Å²) in [6.45, 7) is 5.49. The first-order valence-corrected chi connectivity index (χ1v) is 12.4. The van der Waals surface area contributed by atoms with Crippen molar-refractivity contribution in [2.24, 2.45) is 5.92 Å². The summed E-state index contributed by atoms with van der Waals surface area (Å²) < 4.78 is 38.2. The minimum Gasteiger partial charge on any atom is -0.497 e. The van der Waals surface area contributed by atoms with Crippen LogP contribution in [0.5, 0.6) is 11.5 Å². The number of amides is 1. The maximum Gasteiger partial charge on any atom is 0.243 e. The van der Waals surface area contributed by atoms with Crippen LogP contribution in [0.2, 0.25) is 0 Å². The minimum atomic E-state index is -3.59. The smallest absolute Gasteiger partial charge is 0.243 e. The molecule has 1 N–H and O–H groups in total. The van der Waals surface area contributed by atoms with Gasteiger partial charge in [-0.2, -0.15) is 4.31 Å². The SMILES string of the molecule is CCOc1ccc(S(=O)(=O)N2CCC(C(=O)NCCc3ccc(OC)cc3)CC2)cc1C. The molecule has 0 aliphatic carbocycles. The molecular formula is C24H32N2O5S. The second-order valence-electron chi connectivity index (χ2n) is 7.93. The quantitative estimate of drug-likeness (QED) is 0.621. The van der Waals surface area contributed by atoms with Gasteiger partial charge in [0.05, 0.1) is 18.6 Å². The van der Waals surface area contributed by atoms with Gasteiger partial charge in [-0.15, -0.1) is 0 Å². The van der Waals surface area contributed by atoms with E-state index in [0.717, 1.165) is 23.3 Å². The van der Waals surface area contributed by atoms with Crippen molar-refractivity contribution in [1.82, 2.24) is 9.62 Å². The highest BCUT2D eigenvalue weighted by Gasteiger charge is 2.32. The Hall–Kier alpha value is -2.58. The van der Waals surface area contributed by atoms with E-state index in [0.29, 0.717) is 44.8 Å². The van der Waals surface area contributed by atoms with Crippen molar-refractivity contribution in [2.45, 2.75) is 38.0 Å². The number of hydrogen-bond donors (Lipinski definition) is 1. The molecule has 2 aromatic carbocycles. The summed E-state index contributed by atoms with van der Waals surface area (Å²) in [7, 11) is -1.96. The molecule has 0 bridgehead atoms. The largest absolute Gasteiger partial charge is 0.497 e. The van der Waals surface area contributed by atoms with Gasteiger partial charge < -0.3 is 14.8 Å². The molecule has 1 saturated heterocycles. The monoisotopic (exact) mass is 460 g/mol. The van der Waals surface area contributed by atoms with Gasteiger partial charge in [0.25, 0.3) is 0 Å². The van der Waals surface area contributed by atoms with Crippen molar-refractivity contribution in [3.8, 4) is 11.5 Å². The Balaban J connectivity index is 1.50. The zero-order valence-electron chi connectivity index (χ0n) is 19.0. The van der Waals surface area contributed by atoms with E-state index < -0.39 is 10.0 Å². The van der Waals surface area contributed by atoms with Gasteiger partial charge in [-0.1, -0.05) is 12.1 Å². The number of carbonyl (C=O) groups is 1. The van der Waals surface area contributed by atoms with Crippen molar-refractivity contribution in [3.05, 3.63) is 53.6 Å². The van der Waals surface area contributed by atoms with Crippen LogP contribution < -0.4 is 14.8 Å². The number of hydrogen-bond acceptors (Lipinski definition) is 5. The van der Waals surface area contributed by atoms with Crippen LogP contribution in [0.15, 0.2) is 47.4 Å². The highest BCUT2D eigenvalue weighted by atomic mass is 32.2. The molecule has 1 fully saturated rings. The number of ether oxygens (including phenoxy) is 2. The molecule has 0 aromatic heterocycles. The number of piperidine rings is 1. The predicted molar refractivity (Wildman–Crippen MR) is 124 cm³/mol. The summed E-state index contributed by atoms with van der Waals surface area (Å²) in [5, 5.41) is 2.99. The molecule has 1 heterocycles. The van der Waals surface area contributed by atoms with E-state index >= 15 is 0 Å². The van der Waals surface area contributed by atoms with Crippen LogP contribution in [0.3, 0.4) is 0 Å². The molecule has 1 aliphatic heterocycles. The van der Waals surface area contributed by atoms with Crippen LogP contribution in [-0.4, -0.2) is 52.0 Å². The zero-order valence-corrected chi connectivity index (χ0v) is 19.8. The third kappa shape index (κ3) is 5.81. The van der Waals surface area contributed by atoms with Crippen LogP contribution in [0.25, 0.3) is 0 Å². The van der Waals surface area contributed by atoms with Gasteiger partial charge in [0.1, 0.15) is 11.5 Å². The lowest BCUT2D eigenvalue weighted by molar-refractivity contribution is -0.126. The van der Waals surface area contributed by atoms with Crippen molar-refractivity contribution in [3.63, 3.8) is 0 Å². The summed E-state index contributed by atoms with van der Waals surface area (Å²) in [5.41, 5.74) is 1.91. The van der Waals surface area contributed by atoms with E-state index in [-0.39, 0.29) is 16.7 Å². The molecule has 0 unspecified atom stereocenters. The van der Waals surface area contributed by atoms with Gasteiger partial charge in [-0.25, -0.2) is 8.42 Å². The predicted octanol–water partition coefficient (Wildman–Crippen LogP) is 3.16. The number of aryl methyl sites for hydroxylation is 1. The van der Waals surface area contributed by atoms with Gasteiger partial charge in [0.2, 0.25) is 15.9 Å². The second-order valence-corrected chi connectivity index (χ2v) is 9.87. The van der Waals surface area contributed by atoms with Gasteiger partial charge in [-0.05, 0) is 74.6 Å². The van der Waals surface area contributed by atoms with Crippen molar-refractivity contribution >= 4 is 15.9 Å². The number of nitrogens with one attached hydrogen (secondary N) is 1. The molecule has 0 saturated carbocycles. The molecule has 7 nitrogen and oxygen atoms in total. The fraction of sp³-hybridized carbons (Fsp3) is 0.458. The Morgan fingerprint density at radius 1 is 1.12 bits per heavy atom. The van der Waals surface area contributed by atoms with Gasteiger partial charge >= 0.3 is 0 Å². The first-order chi connectivity index (χ1) is 15.3. The Morgan fingerprint density at radius 2 is 1.81 bits per heavy atom. The topological polar surface area (TPSA) is 84.9 Å². The van der Waals surface area contributed by atoms with Crippen LogP contribution >= 0.6 is 0 Å². The van der Waals surface area contributed by atoms with Gasteiger partial charge in [-0.3, -0.25) is 4.79 Å². The summed E-state index contributed by atoms with van der Waals surface area (Å²) in [5.74, 6) is 1.32. The van der Waals surface area contributed by atoms with E-state index in [4.69, 9.17) is 9.47 Å². The molecule has 3 rings (SSSR count).